The first-order chi connectivity index (χ1) is 13.9. The lowest BCUT2D eigenvalue weighted by molar-refractivity contribution is -0.134. The van der Waals surface area contributed by atoms with Gasteiger partial charge in [-0.15, -0.1) is 22.9 Å². The minimum atomic E-state index is -0.792. The molecule has 1 aliphatic heterocycles. The molecule has 2 aromatic rings. The maximum Gasteiger partial charge on any atom is 0.276 e. The number of amides is 3. The van der Waals surface area contributed by atoms with Crippen LogP contribution < -0.4 is 16.0 Å². The fourth-order valence-corrected chi connectivity index (χ4v) is 3.48. The maximum atomic E-state index is 12.7. The quantitative estimate of drug-likeness (QED) is 0.253. The molecule has 3 amide bonds. The molecule has 0 saturated carbocycles. The van der Waals surface area contributed by atoms with E-state index in [1.807, 2.05) is 0 Å². The first kappa shape index (κ1) is 21.0. The Labute approximate surface area is 179 Å². The molecule has 9 nitrogen and oxygen atoms in total. The number of alkyl halides is 1. The zero-order valence-corrected chi connectivity index (χ0v) is 17.3. The Hall–Kier alpha value is -2.69. The van der Waals surface area contributed by atoms with Gasteiger partial charge >= 0.3 is 0 Å². The fourth-order valence-electron chi connectivity index (χ4n) is 2.57. The van der Waals surface area contributed by atoms with Crippen LogP contribution in [0.15, 0.2) is 34.8 Å². The van der Waals surface area contributed by atoms with Gasteiger partial charge in [0.15, 0.2) is 10.8 Å². The van der Waals surface area contributed by atoms with Gasteiger partial charge in [-0.3, -0.25) is 14.4 Å². The van der Waals surface area contributed by atoms with Crippen molar-refractivity contribution in [2.45, 2.75) is 12.1 Å². The molecule has 152 valence electrons. The third-order valence-electron chi connectivity index (χ3n) is 3.94. The molecule has 1 fully saturated rings. The van der Waals surface area contributed by atoms with Crippen LogP contribution in [0.25, 0.3) is 0 Å². The number of benzene rings is 1. The van der Waals surface area contributed by atoms with Crippen LogP contribution >= 0.6 is 34.5 Å². The fraction of sp³-hybridized carbons (Fsp3) is 0.235. The van der Waals surface area contributed by atoms with Gasteiger partial charge in [-0.1, -0.05) is 28.9 Å². The second-order valence-electron chi connectivity index (χ2n) is 5.83. The van der Waals surface area contributed by atoms with Crippen molar-refractivity contribution in [2.24, 2.45) is 5.16 Å². The molecule has 3 rings (SSSR count). The smallest absolute Gasteiger partial charge is 0.276 e. The first-order valence-corrected chi connectivity index (χ1v) is 10.0. The molecule has 0 radical (unpaired) electrons. The lowest BCUT2D eigenvalue weighted by atomic mass is 9.91. The van der Waals surface area contributed by atoms with Crippen molar-refractivity contribution in [1.82, 2.24) is 15.6 Å². The summed E-state index contributed by atoms with van der Waals surface area (Å²) in [7, 11) is 1.28. The summed E-state index contributed by atoms with van der Waals surface area (Å²) < 4.78 is 0. The number of thiazole rings is 1. The molecule has 2 atom stereocenters. The number of oxime groups is 1. The monoisotopic (exact) mass is 455 g/mol. The number of carbonyl (C=O) groups is 3. The third kappa shape index (κ3) is 4.84. The third-order valence-corrected chi connectivity index (χ3v) is 5.19. The zero-order chi connectivity index (χ0) is 21.0. The molecule has 0 bridgehead atoms. The number of rotatable bonds is 7. The van der Waals surface area contributed by atoms with Gasteiger partial charge in [0.1, 0.15) is 24.7 Å². The van der Waals surface area contributed by atoms with Crippen LogP contribution in [0.5, 0.6) is 0 Å². The van der Waals surface area contributed by atoms with Crippen molar-refractivity contribution in [3.05, 3.63) is 45.9 Å². The van der Waals surface area contributed by atoms with Crippen molar-refractivity contribution in [3.63, 3.8) is 0 Å². The first-order valence-electron chi connectivity index (χ1n) is 8.22. The van der Waals surface area contributed by atoms with E-state index in [2.05, 4.69) is 26.1 Å². The van der Waals surface area contributed by atoms with Crippen LogP contribution in [0, 0.1) is 0 Å². The molecule has 1 aromatic heterocycles. The predicted octanol–water partition coefficient (Wildman–Crippen LogP) is 1.68. The molecule has 0 aliphatic carbocycles. The summed E-state index contributed by atoms with van der Waals surface area (Å²) in [6.07, 6.45) is 0. The van der Waals surface area contributed by atoms with E-state index in [1.54, 1.807) is 24.3 Å². The van der Waals surface area contributed by atoms with Gasteiger partial charge in [0.05, 0.1) is 6.04 Å². The molecule has 29 heavy (non-hydrogen) atoms. The predicted molar refractivity (Wildman–Crippen MR) is 109 cm³/mol. The number of anilines is 1. The van der Waals surface area contributed by atoms with Crippen LogP contribution in [0.4, 0.5) is 5.13 Å². The van der Waals surface area contributed by atoms with E-state index < -0.39 is 23.9 Å². The van der Waals surface area contributed by atoms with Gasteiger partial charge in [-0.05, 0) is 17.7 Å². The normalized spacial score (nSPS) is 18.4. The number of nitrogens with one attached hydrogen (secondary N) is 3. The second kappa shape index (κ2) is 9.21. The Kier molecular flexibility index (Phi) is 6.68. The van der Waals surface area contributed by atoms with Gasteiger partial charge in [-0.25, -0.2) is 4.98 Å². The number of aromatic nitrogens is 1. The van der Waals surface area contributed by atoms with Crippen LogP contribution in [0.1, 0.15) is 17.3 Å². The van der Waals surface area contributed by atoms with Crippen molar-refractivity contribution in [2.75, 3.05) is 18.3 Å². The topological polar surface area (TPSA) is 122 Å². The van der Waals surface area contributed by atoms with Crippen molar-refractivity contribution >= 4 is 63.1 Å². The number of hydrogen-bond donors (Lipinski definition) is 3. The summed E-state index contributed by atoms with van der Waals surface area (Å²) in [5.41, 5.74) is 0.843. The van der Waals surface area contributed by atoms with Crippen molar-refractivity contribution in [1.29, 1.82) is 0 Å². The molecule has 1 saturated heterocycles. The minimum Gasteiger partial charge on any atom is -0.398 e. The molecule has 2 unspecified atom stereocenters. The molecule has 12 heteroatoms. The van der Waals surface area contributed by atoms with Crippen LogP contribution in [0.2, 0.25) is 5.02 Å². The van der Waals surface area contributed by atoms with E-state index in [9.17, 15) is 14.4 Å². The van der Waals surface area contributed by atoms with Crippen LogP contribution in [0.3, 0.4) is 0 Å². The summed E-state index contributed by atoms with van der Waals surface area (Å²) in [6, 6.07) is 5.74. The number of halogens is 2. The van der Waals surface area contributed by atoms with E-state index in [1.165, 1.54) is 12.5 Å². The SMILES string of the molecule is CON=C(C(=O)NC1C(=O)NC1c1ccc(Cl)cc1)c1csc(NC(=O)CCl)n1. The Morgan fingerprint density at radius 3 is 2.69 bits per heavy atom. The summed E-state index contributed by atoms with van der Waals surface area (Å²) in [5.74, 6) is -1.63. The van der Waals surface area contributed by atoms with Crippen molar-refractivity contribution in [3.8, 4) is 0 Å². The lowest BCUT2D eigenvalue weighted by Crippen LogP contribution is -2.64. The Bertz CT molecular complexity index is 963. The Balaban J connectivity index is 1.74. The van der Waals surface area contributed by atoms with E-state index in [-0.39, 0.29) is 28.3 Å². The molecule has 1 aliphatic rings. The van der Waals surface area contributed by atoms with Gasteiger partial charge in [0.25, 0.3) is 5.91 Å². The number of β-lactam (4-membered cyclic amide) rings is 1. The lowest BCUT2D eigenvalue weighted by Gasteiger charge is -2.37. The average Bonchev–Trinajstić information content (AvgIpc) is 3.16. The molecular formula is C17H15Cl2N5O4S. The number of hydrogen-bond acceptors (Lipinski definition) is 7. The Morgan fingerprint density at radius 2 is 2.07 bits per heavy atom. The molecule has 2 heterocycles. The van der Waals surface area contributed by atoms with Crippen LogP contribution in [-0.4, -0.2) is 47.4 Å². The summed E-state index contributed by atoms with van der Waals surface area (Å²) in [5, 5.41) is 13.9. The number of nitrogens with zero attached hydrogens (tertiary/aromatic N) is 2. The highest BCUT2D eigenvalue weighted by atomic mass is 35.5. The van der Waals surface area contributed by atoms with Crippen LogP contribution in [-0.2, 0) is 19.2 Å². The van der Waals surface area contributed by atoms with E-state index in [0.29, 0.717) is 5.02 Å². The van der Waals surface area contributed by atoms with E-state index in [0.717, 1.165) is 16.9 Å². The molecule has 0 spiro atoms. The standard InChI is InChI=1S/C17H15Cl2N5O4S/c1-28-24-13(10-7-29-17(20-10)21-11(25)6-18)15(26)23-14-12(22-16(14)27)8-2-4-9(19)5-3-8/h2-5,7,12,14H,6H2,1H3,(H,22,27)(H,23,26)(H,20,21,25). The molecular weight excluding hydrogens is 441 g/mol. The minimum absolute atomic E-state index is 0.135. The summed E-state index contributed by atoms with van der Waals surface area (Å²) >= 11 is 12.4. The van der Waals surface area contributed by atoms with Gasteiger partial charge in [-0.2, -0.15) is 0 Å². The number of carbonyl (C=O) groups excluding carboxylic acids is 3. The summed E-state index contributed by atoms with van der Waals surface area (Å²) in [4.78, 5) is 45.0. The largest absolute Gasteiger partial charge is 0.398 e. The second-order valence-corrected chi connectivity index (χ2v) is 7.39. The van der Waals surface area contributed by atoms with Gasteiger partial charge in [0.2, 0.25) is 11.8 Å². The van der Waals surface area contributed by atoms with E-state index in [4.69, 9.17) is 28.0 Å². The highest BCUT2D eigenvalue weighted by Gasteiger charge is 2.42. The molecule has 1 aromatic carbocycles. The Morgan fingerprint density at radius 1 is 1.34 bits per heavy atom. The highest BCUT2D eigenvalue weighted by molar-refractivity contribution is 7.14. The van der Waals surface area contributed by atoms with Gasteiger partial charge < -0.3 is 20.8 Å². The summed E-state index contributed by atoms with van der Waals surface area (Å²) in [6.45, 7) is 0. The maximum absolute atomic E-state index is 12.7. The van der Waals surface area contributed by atoms with E-state index >= 15 is 0 Å². The average molecular weight is 456 g/mol. The van der Waals surface area contributed by atoms with Crippen molar-refractivity contribution < 1.29 is 19.2 Å². The zero-order valence-electron chi connectivity index (χ0n) is 14.9. The highest BCUT2D eigenvalue weighted by Crippen LogP contribution is 2.26. The van der Waals surface area contributed by atoms with Gasteiger partial charge in [0, 0.05) is 10.4 Å². The molecule has 3 N–H and O–H groups in total.